The highest BCUT2D eigenvalue weighted by Crippen LogP contribution is 2.44. The monoisotopic (exact) mass is 268 g/mol. The van der Waals surface area contributed by atoms with Gasteiger partial charge in [0.2, 0.25) is 0 Å². The number of carboxylic acid groups (broad SMARTS) is 1. The number of unbranched alkanes of at least 4 members (excludes halogenated alkanes) is 4. The first-order chi connectivity index (χ1) is 9.14. The standard InChI is InChI=1S/C17H32O2/c1-3-5-6-7-8-12-17(16(18)19)13-10-15(9-4-2)11-14-17/h15H,3-14H2,1-2H3,(H,18,19). The van der Waals surface area contributed by atoms with E-state index in [0.29, 0.717) is 0 Å². The molecule has 0 radical (unpaired) electrons. The molecule has 0 heterocycles. The number of rotatable bonds is 9. The second-order valence-corrected chi connectivity index (χ2v) is 6.48. The van der Waals surface area contributed by atoms with Crippen LogP contribution in [0.2, 0.25) is 0 Å². The van der Waals surface area contributed by atoms with E-state index in [0.717, 1.165) is 44.4 Å². The van der Waals surface area contributed by atoms with Crippen molar-refractivity contribution >= 4 is 5.97 Å². The highest BCUT2D eigenvalue weighted by atomic mass is 16.4. The van der Waals surface area contributed by atoms with Gasteiger partial charge in [0.1, 0.15) is 0 Å². The lowest BCUT2D eigenvalue weighted by atomic mass is 9.67. The van der Waals surface area contributed by atoms with Crippen LogP contribution in [0.3, 0.4) is 0 Å². The molecule has 0 amide bonds. The predicted molar refractivity (Wildman–Crippen MR) is 80.3 cm³/mol. The first-order valence-electron chi connectivity index (χ1n) is 8.38. The maximum Gasteiger partial charge on any atom is 0.309 e. The smallest absolute Gasteiger partial charge is 0.309 e. The van der Waals surface area contributed by atoms with Gasteiger partial charge in [-0.25, -0.2) is 0 Å². The van der Waals surface area contributed by atoms with Crippen molar-refractivity contribution in [1.29, 1.82) is 0 Å². The van der Waals surface area contributed by atoms with Crippen LogP contribution in [0, 0.1) is 11.3 Å². The van der Waals surface area contributed by atoms with Crippen molar-refractivity contribution in [3.8, 4) is 0 Å². The minimum absolute atomic E-state index is 0.379. The molecule has 0 saturated heterocycles. The van der Waals surface area contributed by atoms with E-state index in [9.17, 15) is 9.90 Å². The van der Waals surface area contributed by atoms with Gasteiger partial charge in [-0.2, -0.15) is 0 Å². The number of hydrogen-bond acceptors (Lipinski definition) is 1. The Morgan fingerprint density at radius 2 is 1.68 bits per heavy atom. The van der Waals surface area contributed by atoms with E-state index >= 15 is 0 Å². The Labute approximate surface area is 119 Å². The van der Waals surface area contributed by atoms with Crippen molar-refractivity contribution in [2.24, 2.45) is 11.3 Å². The summed E-state index contributed by atoms with van der Waals surface area (Å²) in [6.07, 6.45) is 13.7. The van der Waals surface area contributed by atoms with Crippen LogP contribution in [-0.2, 0) is 4.79 Å². The van der Waals surface area contributed by atoms with E-state index in [1.807, 2.05) is 0 Å². The molecule has 1 aliphatic carbocycles. The normalized spacial score (nSPS) is 27.4. The third-order valence-corrected chi connectivity index (χ3v) is 4.97. The quantitative estimate of drug-likeness (QED) is 0.568. The summed E-state index contributed by atoms with van der Waals surface area (Å²) in [7, 11) is 0. The minimum Gasteiger partial charge on any atom is -0.481 e. The van der Waals surface area contributed by atoms with E-state index in [2.05, 4.69) is 13.8 Å². The summed E-state index contributed by atoms with van der Waals surface area (Å²) in [5.41, 5.74) is -0.379. The number of hydrogen-bond donors (Lipinski definition) is 1. The molecule has 1 fully saturated rings. The molecule has 1 rings (SSSR count). The molecule has 1 saturated carbocycles. The Balaban J connectivity index is 2.37. The summed E-state index contributed by atoms with van der Waals surface area (Å²) >= 11 is 0. The van der Waals surface area contributed by atoms with Gasteiger partial charge in [0.05, 0.1) is 5.41 Å². The van der Waals surface area contributed by atoms with Crippen LogP contribution < -0.4 is 0 Å². The van der Waals surface area contributed by atoms with E-state index in [1.165, 1.54) is 38.5 Å². The van der Waals surface area contributed by atoms with Crippen LogP contribution in [0.15, 0.2) is 0 Å². The fourth-order valence-electron chi connectivity index (χ4n) is 3.56. The largest absolute Gasteiger partial charge is 0.481 e. The first-order valence-corrected chi connectivity index (χ1v) is 8.38. The van der Waals surface area contributed by atoms with Crippen molar-refractivity contribution in [2.75, 3.05) is 0 Å². The summed E-state index contributed by atoms with van der Waals surface area (Å²) in [6.45, 7) is 4.44. The summed E-state index contributed by atoms with van der Waals surface area (Å²) < 4.78 is 0. The lowest BCUT2D eigenvalue weighted by molar-refractivity contribution is -0.152. The van der Waals surface area contributed by atoms with E-state index < -0.39 is 5.97 Å². The van der Waals surface area contributed by atoms with Gasteiger partial charge < -0.3 is 5.11 Å². The average molecular weight is 268 g/mol. The lowest BCUT2D eigenvalue weighted by Crippen LogP contribution is -2.35. The van der Waals surface area contributed by atoms with Crippen LogP contribution in [0.1, 0.15) is 90.9 Å². The zero-order valence-electron chi connectivity index (χ0n) is 12.9. The third-order valence-electron chi connectivity index (χ3n) is 4.97. The zero-order valence-corrected chi connectivity index (χ0v) is 12.9. The van der Waals surface area contributed by atoms with Gasteiger partial charge in [-0.15, -0.1) is 0 Å². The van der Waals surface area contributed by atoms with Gasteiger partial charge in [0.15, 0.2) is 0 Å². The molecule has 0 spiro atoms. The molecule has 2 nitrogen and oxygen atoms in total. The molecule has 0 unspecified atom stereocenters. The highest BCUT2D eigenvalue weighted by molar-refractivity contribution is 5.74. The van der Waals surface area contributed by atoms with E-state index in [1.54, 1.807) is 0 Å². The van der Waals surface area contributed by atoms with Gasteiger partial charge in [-0.3, -0.25) is 4.79 Å². The fourth-order valence-corrected chi connectivity index (χ4v) is 3.56. The second kappa shape index (κ2) is 8.60. The molecule has 0 bridgehead atoms. The molecule has 1 N–H and O–H groups in total. The molecule has 19 heavy (non-hydrogen) atoms. The van der Waals surface area contributed by atoms with Gasteiger partial charge in [0.25, 0.3) is 0 Å². The molecule has 112 valence electrons. The van der Waals surface area contributed by atoms with E-state index in [-0.39, 0.29) is 5.41 Å². The van der Waals surface area contributed by atoms with Crippen molar-refractivity contribution < 1.29 is 9.90 Å². The Hall–Kier alpha value is -0.530. The molecular weight excluding hydrogens is 236 g/mol. The lowest BCUT2D eigenvalue weighted by Gasteiger charge is -2.37. The van der Waals surface area contributed by atoms with Crippen LogP contribution >= 0.6 is 0 Å². The predicted octanol–water partition coefficient (Wildman–Crippen LogP) is 5.41. The van der Waals surface area contributed by atoms with Crippen LogP contribution in [0.5, 0.6) is 0 Å². The molecule has 0 aliphatic heterocycles. The van der Waals surface area contributed by atoms with Gasteiger partial charge in [0, 0.05) is 0 Å². The summed E-state index contributed by atoms with van der Waals surface area (Å²) in [5.74, 6) is 0.260. The Bertz CT molecular complexity index is 252. The average Bonchev–Trinajstić information content (AvgIpc) is 2.40. The maximum atomic E-state index is 11.7. The first kappa shape index (κ1) is 16.5. The molecule has 0 aromatic heterocycles. The molecular formula is C17H32O2. The van der Waals surface area contributed by atoms with Crippen molar-refractivity contribution in [2.45, 2.75) is 90.9 Å². The maximum absolute atomic E-state index is 11.7. The van der Waals surface area contributed by atoms with Crippen molar-refractivity contribution in [3.05, 3.63) is 0 Å². The summed E-state index contributed by atoms with van der Waals surface area (Å²) in [4.78, 5) is 11.7. The molecule has 2 heteroatoms. The number of aliphatic carboxylic acids is 1. The topological polar surface area (TPSA) is 37.3 Å². The fraction of sp³-hybridized carbons (Fsp3) is 0.941. The van der Waals surface area contributed by atoms with Crippen molar-refractivity contribution in [1.82, 2.24) is 0 Å². The van der Waals surface area contributed by atoms with E-state index in [4.69, 9.17) is 0 Å². The number of carbonyl (C=O) groups is 1. The summed E-state index contributed by atoms with van der Waals surface area (Å²) in [5, 5.41) is 9.61. The second-order valence-electron chi connectivity index (χ2n) is 6.48. The molecule has 1 aliphatic rings. The Morgan fingerprint density at radius 1 is 1.05 bits per heavy atom. The molecule has 0 aromatic rings. The molecule has 0 aromatic carbocycles. The SMILES string of the molecule is CCCCCCCC1(C(=O)O)CCC(CCC)CC1. The zero-order chi connectivity index (χ0) is 14.1. The molecule has 0 atom stereocenters. The minimum atomic E-state index is -0.530. The van der Waals surface area contributed by atoms with Gasteiger partial charge >= 0.3 is 5.97 Å². The number of carboxylic acids is 1. The third kappa shape index (κ3) is 5.16. The van der Waals surface area contributed by atoms with Crippen LogP contribution in [0.25, 0.3) is 0 Å². The van der Waals surface area contributed by atoms with Crippen LogP contribution in [-0.4, -0.2) is 11.1 Å². The van der Waals surface area contributed by atoms with Crippen molar-refractivity contribution in [3.63, 3.8) is 0 Å². The highest BCUT2D eigenvalue weighted by Gasteiger charge is 2.40. The van der Waals surface area contributed by atoms with Crippen LogP contribution in [0.4, 0.5) is 0 Å². The van der Waals surface area contributed by atoms with Gasteiger partial charge in [-0.1, -0.05) is 58.8 Å². The summed E-state index contributed by atoms with van der Waals surface area (Å²) in [6, 6.07) is 0. The Morgan fingerprint density at radius 3 is 2.21 bits per heavy atom. The Kier molecular flexibility index (Phi) is 7.48. The van der Waals surface area contributed by atoms with Gasteiger partial charge in [-0.05, 0) is 38.0 Å².